The van der Waals surface area contributed by atoms with Crippen LogP contribution in [0.1, 0.15) is 20.3 Å². The number of hydrogen-bond acceptors (Lipinski definition) is 3. The van der Waals surface area contributed by atoms with Crippen LogP contribution in [0, 0.1) is 5.92 Å². The standard InChI is InChI=1S/C5H13N.C4H4O4/c1-3-5(2)4-6;5-3(6)1-2-4(7)8/h5H,3-4,6H2,1-2H3;1-2H,(H,5,6)(H,7,8)/t5-;/m0./s1. The van der Waals surface area contributed by atoms with Gasteiger partial charge in [0.2, 0.25) is 0 Å². The Morgan fingerprint density at radius 2 is 1.64 bits per heavy atom. The van der Waals surface area contributed by atoms with Crippen LogP contribution in [0.15, 0.2) is 12.2 Å². The first-order valence-electron chi connectivity index (χ1n) is 4.28. The zero-order chi connectivity index (χ0) is 11.6. The summed E-state index contributed by atoms with van der Waals surface area (Å²) >= 11 is 0. The molecule has 0 rings (SSSR count). The average molecular weight is 203 g/mol. The Morgan fingerprint density at radius 3 is 1.71 bits per heavy atom. The molecule has 0 aliphatic heterocycles. The molecule has 0 spiro atoms. The van der Waals surface area contributed by atoms with Crippen LogP contribution in [0.4, 0.5) is 0 Å². The van der Waals surface area contributed by atoms with Crippen LogP contribution in [0.2, 0.25) is 0 Å². The summed E-state index contributed by atoms with van der Waals surface area (Å²) in [6, 6.07) is 0. The molecule has 0 fully saturated rings. The number of carboxylic acids is 2. The highest BCUT2D eigenvalue weighted by molar-refractivity contribution is 5.89. The van der Waals surface area contributed by atoms with E-state index in [9.17, 15) is 9.59 Å². The fourth-order valence-electron chi connectivity index (χ4n) is 0.309. The number of nitrogens with two attached hydrogens (primary N) is 1. The van der Waals surface area contributed by atoms with Gasteiger partial charge in [0.15, 0.2) is 0 Å². The molecule has 0 unspecified atom stereocenters. The molecule has 5 heteroatoms. The molecule has 0 aromatic rings. The van der Waals surface area contributed by atoms with E-state index in [0.29, 0.717) is 18.1 Å². The van der Waals surface area contributed by atoms with Crippen molar-refractivity contribution in [3.05, 3.63) is 12.2 Å². The van der Waals surface area contributed by atoms with Gasteiger partial charge in [0, 0.05) is 12.2 Å². The van der Waals surface area contributed by atoms with E-state index in [-0.39, 0.29) is 0 Å². The fourth-order valence-corrected chi connectivity index (χ4v) is 0.309. The Bertz CT molecular complexity index is 181. The second kappa shape index (κ2) is 9.73. The Kier molecular flexibility index (Phi) is 10.5. The van der Waals surface area contributed by atoms with Gasteiger partial charge in [-0.1, -0.05) is 20.3 Å². The van der Waals surface area contributed by atoms with E-state index < -0.39 is 11.9 Å². The van der Waals surface area contributed by atoms with Gasteiger partial charge >= 0.3 is 11.9 Å². The smallest absolute Gasteiger partial charge is 0.328 e. The molecule has 1 atom stereocenters. The Morgan fingerprint density at radius 1 is 1.29 bits per heavy atom. The molecule has 0 aliphatic rings. The van der Waals surface area contributed by atoms with Crippen molar-refractivity contribution in [2.75, 3.05) is 6.54 Å². The zero-order valence-corrected chi connectivity index (χ0v) is 8.43. The summed E-state index contributed by atoms with van der Waals surface area (Å²) in [6.07, 6.45) is 2.32. The van der Waals surface area contributed by atoms with Crippen LogP contribution in [-0.2, 0) is 9.59 Å². The van der Waals surface area contributed by atoms with Crippen molar-refractivity contribution < 1.29 is 19.8 Å². The van der Waals surface area contributed by atoms with Gasteiger partial charge in [-0.25, -0.2) is 9.59 Å². The van der Waals surface area contributed by atoms with E-state index in [1.807, 2.05) is 0 Å². The minimum absolute atomic E-state index is 0.558. The highest BCUT2D eigenvalue weighted by Crippen LogP contribution is 1.93. The van der Waals surface area contributed by atoms with Gasteiger partial charge in [0.25, 0.3) is 0 Å². The summed E-state index contributed by atoms with van der Waals surface area (Å²) in [5.41, 5.74) is 5.28. The molecule has 0 radical (unpaired) electrons. The van der Waals surface area contributed by atoms with Crippen LogP contribution >= 0.6 is 0 Å². The van der Waals surface area contributed by atoms with Gasteiger partial charge in [-0.15, -0.1) is 0 Å². The topological polar surface area (TPSA) is 101 Å². The molecule has 0 saturated heterocycles. The van der Waals surface area contributed by atoms with E-state index in [0.717, 1.165) is 6.54 Å². The molecule has 0 aromatic heterocycles. The van der Waals surface area contributed by atoms with Crippen LogP contribution in [0.3, 0.4) is 0 Å². The lowest BCUT2D eigenvalue weighted by molar-refractivity contribution is -0.134. The molecule has 0 aromatic carbocycles. The predicted molar refractivity (Wildman–Crippen MR) is 52.9 cm³/mol. The van der Waals surface area contributed by atoms with E-state index in [2.05, 4.69) is 13.8 Å². The van der Waals surface area contributed by atoms with E-state index in [4.69, 9.17) is 15.9 Å². The normalized spacial score (nSPS) is 11.6. The summed E-state index contributed by atoms with van der Waals surface area (Å²) in [6.45, 7) is 5.13. The highest BCUT2D eigenvalue weighted by Gasteiger charge is 1.89. The van der Waals surface area contributed by atoms with Crippen molar-refractivity contribution in [2.24, 2.45) is 11.7 Å². The summed E-state index contributed by atoms with van der Waals surface area (Å²) in [5.74, 6) is -1.80. The maximum absolute atomic E-state index is 9.55. The van der Waals surface area contributed by atoms with Gasteiger partial charge in [0.1, 0.15) is 0 Å². The van der Waals surface area contributed by atoms with Crippen LogP contribution < -0.4 is 5.73 Å². The lowest BCUT2D eigenvalue weighted by atomic mass is 10.1. The maximum atomic E-state index is 9.55. The molecule has 0 saturated carbocycles. The first-order chi connectivity index (χ1) is 6.43. The van der Waals surface area contributed by atoms with E-state index >= 15 is 0 Å². The SMILES string of the molecule is CC[C@H](C)CN.O=C(O)C=CC(=O)O. The van der Waals surface area contributed by atoms with Gasteiger partial charge < -0.3 is 15.9 Å². The van der Waals surface area contributed by atoms with E-state index in [1.165, 1.54) is 6.42 Å². The first kappa shape index (κ1) is 15.1. The van der Waals surface area contributed by atoms with Crippen molar-refractivity contribution in [3.8, 4) is 0 Å². The molecule has 0 amide bonds. The third-order valence-corrected chi connectivity index (χ3v) is 1.47. The molecular formula is C9H17NO4. The Labute approximate surface area is 83.2 Å². The number of rotatable bonds is 4. The van der Waals surface area contributed by atoms with Gasteiger partial charge in [-0.3, -0.25) is 0 Å². The summed E-state index contributed by atoms with van der Waals surface area (Å²) < 4.78 is 0. The molecule has 0 bridgehead atoms. The maximum Gasteiger partial charge on any atom is 0.328 e. The molecule has 5 nitrogen and oxygen atoms in total. The summed E-state index contributed by atoms with van der Waals surface area (Å²) in [5, 5.41) is 15.6. The minimum Gasteiger partial charge on any atom is -0.478 e. The van der Waals surface area contributed by atoms with E-state index in [1.54, 1.807) is 0 Å². The molecule has 14 heavy (non-hydrogen) atoms. The monoisotopic (exact) mass is 203 g/mol. The lowest BCUT2D eigenvalue weighted by Gasteiger charge is -1.98. The molecular weight excluding hydrogens is 186 g/mol. The number of aliphatic carboxylic acids is 2. The van der Waals surface area contributed by atoms with Gasteiger partial charge in [0.05, 0.1) is 0 Å². The largest absolute Gasteiger partial charge is 0.478 e. The highest BCUT2D eigenvalue weighted by atomic mass is 16.4. The quantitative estimate of drug-likeness (QED) is 0.584. The summed E-state index contributed by atoms with van der Waals surface area (Å²) in [4.78, 5) is 19.1. The third kappa shape index (κ3) is 16.9. The summed E-state index contributed by atoms with van der Waals surface area (Å²) in [7, 11) is 0. The molecule has 0 heterocycles. The van der Waals surface area contributed by atoms with Crippen molar-refractivity contribution in [3.63, 3.8) is 0 Å². The Hall–Kier alpha value is -1.36. The average Bonchev–Trinajstić information content (AvgIpc) is 2.14. The van der Waals surface area contributed by atoms with Crippen LogP contribution in [0.25, 0.3) is 0 Å². The number of hydrogen-bond donors (Lipinski definition) is 3. The van der Waals surface area contributed by atoms with Crippen LogP contribution in [-0.4, -0.2) is 28.7 Å². The third-order valence-electron chi connectivity index (χ3n) is 1.47. The van der Waals surface area contributed by atoms with Crippen molar-refractivity contribution >= 4 is 11.9 Å². The second-order valence-electron chi connectivity index (χ2n) is 2.76. The predicted octanol–water partition coefficient (Wildman–Crippen LogP) is 0.703. The fraction of sp³-hybridized carbons (Fsp3) is 0.556. The van der Waals surface area contributed by atoms with Crippen molar-refractivity contribution in [1.29, 1.82) is 0 Å². The van der Waals surface area contributed by atoms with Crippen molar-refractivity contribution in [1.82, 2.24) is 0 Å². The van der Waals surface area contributed by atoms with Crippen molar-refractivity contribution in [2.45, 2.75) is 20.3 Å². The zero-order valence-electron chi connectivity index (χ0n) is 8.43. The Balaban J connectivity index is 0. The van der Waals surface area contributed by atoms with Crippen LogP contribution in [0.5, 0.6) is 0 Å². The number of carboxylic acid groups (broad SMARTS) is 2. The molecule has 82 valence electrons. The number of carbonyl (C=O) groups is 2. The molecule has 0 aliphatic carbocycles. The first-order valence-corrected chi connectivity index (χ1v) is 4.28. The van der Waals surface area contributed by atoms with Gasteiger partial charge in [-0.2, -0.15) is 0 Å². The minimum atomic E-state index is -1.26. The second-order valence-corrected chi connectivity index (χ2v) is 2.76. The van der Waals surface area contributed by atoms with Gasteiger partial charge in [-0.05, 0) is 12.5 Å². The molecule has 4 N–H and O–H groups in total. The lowest BCUT2D eigenvalue weighted by Crippen LogP contribution is -2.08.